The number of rotatable bonds is 4. The van der Waals surface area contributed by atoms with Crippen molar-refractivity contribution in [1.29, 1.82) is 0 Å². The maximum absolute atomic E-state index is 4.64. The first-order valence-electron chi connectivity index (χ1n) is 8.74. The molecule has 0 aliphatic rings. The first kappa shape index (κ1) is 17.2. The zero-order valence-electron chi connectivity index (χ0n) is 15.5. The van der Waals surface area contributed by atoms with Gasteiger partial charge in [0, 0.05) is 29.2 Å². The molecular weight excluding hydrogens is 308 g/mol. The summed E-state index contributed by atoms with van der Waals surface area (Å²) in [5.74, 6) is 2.89. The third-order valence-corrected chi connectivity index (χ3v) is 4.15. The number of aromatic nitrogens is 4. The Morgan fingerprint density at radius 2 is 1.40 bits per heavy atom. The second-order valence-corrected chi connectivity index (χ2v) is 6.93. The predicted octanol–water partition coefficient (Wildman–Crippen LogP) is 5.16. The van der Waals surface area contributed by atoms with Crippen LogP contribution < -0.4 is 0 Å². The van der Waals surface area contributed by atoms with Gasteiger partial charge in [0.05, 0.1) is 5.69 Å². The van der Waals surface area contributed by atoms with Gasteiger partial charge in [-0.3, -0.25) is 4.98 Å². The van der Waals surface area contributed by atoms with Gasteiger partial charge < -0.3 is 0 Å². The molecule has 4 heteroatoms. The molecule has 0 fully saturated rings. The Morgan fingerprint density at radius 3 is 1.92 bits per heavy atom. The van der Waals surface area contributed by atoms with Crippen LogP contribution in [0.3, 0.4) is 0 Å². The number of nitrogens with zero attached hydrogens (tertiary/aromatic N) is 4. The molecule has 0 bridgehead atoms. The van der Waals surface area contributed by atoms with E-state index in [0.29, 0.717) is 5.82 Å². The molecule has 0 saturated carbocycles. The standard InChI is InChI=1S/C21H24N4/c1-13(2)19-23-20(14(3)4)25-21(24-19)16-10-11-18(22-12-16)17-9-7-6-8-15(17)5/h6-14H,1-5H3. The van der Waals surface area contributed by atoms with Crippen LogP contribution in [0, 0.1) is 6.92 Å². The van der Waals surface area contributed by atoms with Crippen molar-refractivity contribution in [3.63, 3.8) is 0 Å². The van der Waals surface area contributed by atoms with E-state index in [-0.39, 0.29) is 11.8 Å². The van der Waals surface area contributed by atoms with Crippen LogP contribution >= 0.6 is 0 Å². The van der Waals surface area contributed by atoms with Gasteiger partial charge in [-0.15, -0.1) is 0 Å². The van der Waals surface area contributed by atoms with Crippen LogP contribution in [0.4, 0.5) is 0 Å². The minimum absolute atomic E-state index is 0.262. The summed E-state index contributed by atoms with van der Waals surface area (Å²) >= 11 is 0. The quantitative estimate of drug-likeness (QED) is 0.662. The molecule has 2 aromatic heterocycles. The third kappa shape index (κ3) is 3.73. The molecule has 25 heavy (non-hydrogen) atoms. The number of pyridine rings is 1. The molecule has 2 heterocycles. The maximum Gasteiger partial charge on any atom is 0.164 e. The predicted molar refractivity (Wildman–Crippen MR) is 101 cm³/mol. The van der Waals surface area contributed by atoms with Crippen molar-refractivity contribution >= 4 is 0 Å². The highest BCUT2D eigenvalue weighted by atomic mass is 15.0. The minimum Gasteiger partial charge on any atom is -0.255 e. The minimum atomic E-state index is 0.262. The maximum atomic E-state index is 4.64. The summed E-state index contributed by atoms with van der Waals surface area (Å²) < 4.78 is 0. The van der Waals surface area contributed by atoms with Gasteiger partial charge in [0.25, 0.3) is 0 Å². The van der Waals surface area contributed by atoms with E-state index >= 15 is 0 Å². The third-order valence-electron chi connectivity index (χ3n) is 4.15. The SMILES string of the molecule is Cc1ccccc1-c1ccc(-c2nc(C(C)C)nc(C(C)C)n2)cn1. The molecule has 0 unspecified atom stereocenters. The molecule has 0 aliphatic carbocycles. The van der Waals surface area contributed by atoms with Crippen molar-refractivity contribution in [1.82, 2.24) is 19.9 Å². The van der Waals surface area contributed by atoms with E-state index in [0.717, 1.165) is 28.5 Å². The second-order valence-electron chi connectivity index (χ2n) is 6.93. The average Bonchev–Trinajstić information content (AvgIpc) is 2.62. The summed E-state index contributed by atoms with van der Waals surface area (Å²) in [5, 5.41) is 0. The van der Waals surface area contributed by atoms with E-state index in [1.165, 1.54) is 5.56 Å². The smallest absolute Gasteiger partial charge is 0.164 e. The highest BCUT2D eigenvalue weighted by molar-refractivity contribution is 5.65. The van der Waals surface area contributed by atoms with Crippen LogP contribution in [-0.2, 0) is 0 Å². The van der Waals surface area contributed by atoms with Gasteiger partial charge in [0.2, 0.25) is 0 Å². The van der Waals surface area contributed by atoms with Gasteiger partial charge in [-0.2, -0.15) is 0 Å². The molecule has 3 rings (SSSR count). The van der Waals surface area contributed by atoms with Crippen molar-refractivity contribution in [2.75, 3.05) is 0 Å². The molecule has 0 spiro atoms. The molecule has 0 saturated heterocycles. The molecule has 128 valence electrons. The lowest BCUT2D eigenvalue weighted by atomic mass is 10.0. The molecule has 1 aromatic carbocycles. The van der Waals surface area contributed by atoms with Crippen LogP contribution in [0.25, 0.3) is 22.6 Å². The van der Waals surface area contributed by atoms with E-state index in [9.17, 15) is 0 Å². The first-order chi connectivity index (χ1) is 12.0. The van der Waals surface area contributed by atoms with Gasteiger partial charge in [-0.25, -0.2) is 15.0 Å². The highest BCUT2D eigenvalue weighted by Crippen LogP contribution is 2.24. The lowest BCUT2D eigenvalue weighted by Gasteiger charge is -2.11. The fourth-order valence-corrected chi connectivity index (χ4v) is 2.60. The van der Waals surface area contributed by atoms with E-state index in [2.05, 4.69) is 66.7 Å². The van der Waals surface area contributed by atoms with Crippen molar-refractivity contribution in [2.45, 2.75) is 46.5 Å². The molecule has 0 radical (unpaired) electrons. The zero-order chi connectivity index (χ0) is 18.0. The van der Waals surface area contributed by atoms with E-state index in [4.69, 9.17) is 0 Å². The Morgan fingerprint density at radius 1 is 0.760 bits per heavy atom. The molecular formula is C21H24N4. The number of hydrogen-bond donors (Lipinski definition) is 0. The summed E-state index contributed by atoms with van der Waals surface area (Å²) in [6.07, 6.45) is 1.85. The molecule has 0 amide bonds. The fourth-order valence-electron chi connectivity index (χ4n) is 2.60. The highest BCUT2D eigenvalue weighted by Gasteiger charge is 2.14. The monoisotopic (exact) mass is 332 g/mol. The Hall–Kier alpha value is -2.62. The van der Waals surface area contributed by atoms with Gasteiger partial charge in [-0.05, 0) is 24.6 Å². The summed E-state index contributed by atoms with van der Waals surface area (Å²) in [4.78, 5) is 18.5. The molecule has 3 aromatic rings. The molecule has 0 atom stereocenters. The molecule has 0 aliphatic heterocycles. The lowest BCUT2D eigenvalue weighted by Crippen LogP contribution is -2.08. The lowest BCUT2D eigenvalue weighted by molar-refractivity contribution is 0.697. The summed E-state index contributed by atoms with van der Waals surface area (Å²) in [6, 6.07) is 12.3. The first-order valence-corrected chi connectivity index (χ1v) is 8.74. The van der Waals surface area contributed by atoms with Crippen molar-refractivity contribution in [3.05, 3.63) is 59.8 Å². The van der Waals surface area contributed by atoms with E-state index in [1.807, 2.05) is 30.5 Å². The Labute approximate surface area is 149 Å². The molecule has 0 N–H and O–H groups in total. The summed E-state index contributed by atoms with van der Waals surface area (Å²) in [7, 11) is 0. The van der Waals surface area contributed by atoms with Gasteiger partial charge >= 0.3 is 0 Å². The van der Waals surface area contributed by atoms with E-state index in [1.54, 1.807) is 0 Å². The Bertz CT molecular complexity index is 841. The van der Waals surface area contributed by atoms with Gasteiger partial charge in [0.1, 0.15) is 11.6 Å². The average molecular weight is 332 g/mol. The van der Waals surface area contributed by atoms with Crippen LogP contribution in [0.1, 0.15) is 56.7 Å². The summed E-state index contributed by atoms with van der Waals surface area (Å²) in [5.41, 5.74) is 4.25. The van der Waals surface area contributed by atoms with Crippen LogP contribution in [0.15, 0.2) is 42.6 Å². The Kier molecular flexibility index (Phi) is 4.88. The number of benzene rings is 1. The second kappa shape index (κ2) is 7.09. The van der Waals surface area contributed by atoms with Crippen LogP contribution in [0.5, 0.6) is 0 Å². The van der Waals surface area contributed by atoms with Crippen molar-refractivity contribution in [3.8, 4) is 22.6 Å². The van der Waals surface area contributed by atoms with Gasteiger partial charge in [0.15, 0.2) is 5.82 Å². The van der Waals surface area contributed by atoms with Gasteiger partial charge in [-0.1, -0.05) is 52.0 Å². The van der Waals surface area contributed by atoms with E-state index < -0.39 is 0 Å². The Balaban J connectivity index is 2.01. The number of aryl methyl sites for hydroxylation is 1. The molecule has 4 nitrogen and oxygen atoms in total. The summed E-state index contributed by atoms with van der Waals surface area (Å²) in [6.45, 7) is 10.5. The van der Waals surface area contributed by atoms with Crippen LogP contribution in [-0.4, -0.2) is 19.9 Å². The topological polar surface area (TPSA) is 51.6 Å². The number of hydrogen-bond acceptors (Lipinski definition) is 4. The fraction of sp³-hybridized carbons (Fsp3) is 0.333. The normalized spacial score (nSPS) is 11.3. The van der Waals surface area contributed by atoms with Crippen molar-refractivity contribution < 1.29 is 0 Å². The largest absolute Gasteiger partial charge is 0.255 e. The van der Waals surface area contributed by atoms with Crippen LogP contribution in [0.2, 0.25) is 0 Å². The van der Waals surface area contributed by atoms with Crippen molar-refractivity contribution in [2.24, 2.45) is 0 Å². The zero-order valence-corrected chi connectivity index (χ0v) is 15.5.